The van der Waals surface area contributed by atoms with Crippen molar-refractivity contribution in [2.75, 3.05) is 0 Å². The van der Waals surface area contributed by atoms with Crippen LogP contribution < -0.4 is 0 Å². The first-order valence-corrected chi connectivity index (χ1v) is 6.03. The standard InChI is InChI=1S/C14H18N2/c1-14(2,3)11-6-10(9-4-5-9)7-12-13(11)16-8-15-12/h6-9H,4-5H2,1-3H3,(H,15,16). The summed E-state index contributed by atoms with van der Waals surface area (Å²) in [6, 6.07) is 4.64. The smallest absolute Gasteiger partial charge is 0.0932 e. The third-order valence-corrected chi connectivity index (χ3v) is 3.40. The quantitative estimate of drug-likeness (QED) is 0.769. The summed E-state index contributed by atoms with van der Waals surface area (Å²) in [5.41, 5.74) is 5.35. The molecule has 2 nitrogen and oxygen atoms in total. The Labute approximate surface area is 96.1 Å². The number of aromatic amines is 1. The topological polar surface area (TPSA) is 28.7 Å². The molecule has 0 saturated heterocycles. The molecule has 1 aromatic heterocycles. The lowest BCUT2D eigenvalue weighted by Crippen LogP contribution is -2.12. The highest BCUT2D eigenvalue weighted by Gasteiger charge is 2.27. The van der Waals surface area contributed by atoms with Crippen molar-refractivity contribution >= 4 is 11.0 Å². The predicted octanol–water partition coefficient (Wildman–Crippen LogP) is 3.74. The van der Waals surface area contributed by atoms with Gasteiger partial charge in [-0.25, -0.2) is 4.98 Å². The van der Waals surface area contributed by atoms with E-state index in [1.165, 1.54) is 29.5 Å². The summed E-state index contributed by atoms with van der Waals surface area (Å²) in [5, 5.41) is 0. The molecule has 1 aromatic carbocycles. The Hall–Kier alpha value is -1.31. The number of nitrogens with one attached hydrogen (secondary N) is 1. The zero-order chi connectivity index (χ0) is 11.3. The fourth-order valence-electron chi connectivity index (χ4n) is 2.30. The first-order chi connectivity index (χ1) is 7.55. The molecule has 1 heterocycles. The van der Waals surface area contributed by atoms with Crippen molar-refractivity contribution in [3.8, 4) is 0 Å². The summed E-state index contributed by atoms with van der Waals surface area (Å²) in [6.45, 7) is 6.77. The van der Waals surface area contributed by atoms with Gasteiger partial charge in [-0.3, -0.25) is 0 Å². The van der Waals surface area contributed by atoms with E-state index >= 15 is 0 Å². The number of aromatic nitrogens is 2. The summed E-state index contributed by atoms with van der Waals surface area (Å²) in [5.74, 6) is 0.800. The Balaban J connectivity index is 2.26. The average Bonchev–Trinajstić information content (AvgIpc) is 2.94. The Morgan fingerprint density at radius 3 is 2.62 bits per heavy atom. The van der Waals surface area contributed by atoms with Crippen LogP contribution in [0.15, 0.2) is 18.5 Å². The summed E-state index contributed by atoms with van der Waals surface area (Å²) in [4.78, 5) is 7.69. The van der Waals surface area contributed by atoms with Crippen LogP contribution in [0.3, 0.4) is 0 Å². The van der Waals surface area contributed by atoms with Gasteiger partial charge >= 0.3 is 0 Å². The second-order valence-corrected chi connectivity index (χ2v) is 5.89. The van der Waals surface area contributed by atoms with Gasteiger partial charge in [-0.1, -0.05) is 26.8 Å². The van der Waals surface area contributed by atoms with Gasteiger partial charge in [0.2, 0.25) is 0 Å². The largest absolute Gasteiger partial charge is 0.345 e. The first-order valence-electron chi connectivity index (χ1n) is 6.03. The number of hydrogen-bond donors (Lipinski definition) is 1. The summed E-state index contributed by atoms with van der Waals surface area (Å²) in [6.07, 6.45) is 4.50. The molecule has 1 saturated carbocycles. The highest BCUT2D eigenvalue weighted by atomic mass is 14.9. The fourth-order valence-corrected chi connectivity index (χ4v) is 2.30. The molecule has 84 valence electrons. The molecule has 1 N–H and O–H groups in total. The van der Waals surface area contributed by atoms with Gasteiger partial charge in [0.25, 0.3) is 0 Å². The zero-order valence-corrected chi connectivity index (χ0v) is 10.2. The fraction of sp³-hybridized carbons (Fsp3) is 0.500. The maximum absolute atomic E-state index is 4.45. The normalized spacial score (nSPS) is 16.9. The third-order valence-electron chi connectivity index (χ3n) is 3.40. The molecule has 0 aliphatic heterocycles. The van der Waals surface area contributed by atoms with Gasteiger partial charge in [0.1, 0.15) is 0 Å². The lowest BCUT2D eigenvalue weighted by atomic mass is 9.84. The Bertz CT molecular complexity index is 527. The number of benzene rings is 1. The van der Waals surface area contributed by atoms with Crippen LogP contribution in [0.4, 0.5) is 0 Å². The van der Waals surface area contributed by atoms with Crippen LogP contribution in [0.2, 0.25) is 0 Å². The summed E-state index contributed by atoms with van der Waals surface area (Å²) in [7, 11) is 0. The molecule has 2 heteroatoms. The van der Waals surface area contributed by atoms with E-state index in [2.05, 4.69) is 42.9 Å². The highest BCUT2D eigenvalue weighted by molar-refractivity contribution is 5.80. The number of rotatable bonds is 1. The SMILES string of the molecule is CC(C)(C)c1cc(C2CC2)cc2[nH]cnc12. The van der Waals surface area contributed by atoms with Gasteiger partial charge < -0.3 is 4.98 Å². The van der Waals surface area contributed by atoms with Crippen LogP contribution in [-0.4, -0.2) is 9.97 Å². The number of H-pyrrole nitrogens is 1. The van der Waals surface area contributed by atoms with Crippen molar-refractivity contribution in [2.24, 2.45) is 0 Å². The zero-order valence-electron chi connectivity index (χ0n) is 10.2. The first kappa shape index (κ1) is 9.88. The van der Waals surface area contributed by atoms with Gasteiger partial charge in [0.15, 0.2) is 0 Å². The van der Waals surface area contributed by atoms with E-state index in [9.17, 15) is 0 Å². The van der Waals surface area contributed by atoms with Gasteiger partial charge in [-0.15, -0.1) is 0 Å². The van der Waals surface area contributed by atoms with Crippen molar-refractivity contribution in [1.29, 1.82) is 0 Å². The van der Waals surface area contributed by atoms with Crippen LogP contribution in [0.25, 0.3) is 11.0 Å². The molecule has 1 aliphatic carbocycles. The molecule has 0 amide bonds. The number of imidazole rings is 1. The van der Waals surface area contributed by atoms with Crippen LogP contribution in [0.5, 0.6) is 0 Å². The van der Waals surface area contributed by atoms with Crippen LogP contribution >= 0.6 is 0 Å². The average molecular weight is 214 g/mol. The minimum atomic E-state index is 0.165. The van der Waals surface area contributed by atoms with Crippen molar-refractivity contribution in [1.82, 2.24) is 9.97 Å². The van der Waals surface area contributed by atoms with E-state index in [-0.39, 0.29) is 5.41 Å². The molecule has 0 atom stereocenters. The lowest BCUT2D eigenvalue weighted by molar-refractivity contribution is 0.594. The highest BCUT2D eigenvalue weighted by Crippen LogP contribution is 2.42. The maximum atomic E-state index is 4.45. The van der Waals surface area contributed by atoms with Gasteiger partial charge in [-0.2, -0.15) is 0 Å². The molecule has 3 rings (SSSR count). The monoisotopic (exact) mass is 214 g/mol. The molecule has 1 aliphatic rings. The molecule has 0 radical (unpaired) electrons. The van der Waals surface area contributed by atoms with Crippen LogP contribution in [-0.2, 0) is 5.41 Å². The molecule has 0 bridgehead atoms. The van der Waals surface area contributed by atoms with E-state index in [1.807, 2.05) is 0 Å². The van der Waals surface area contributed by atoms with E-state index in [1.54, 1.807) is 6.33 Å². The van der Waals surface area contributed by atoms with Crippen LogP contribution in [0.1, 0.15) is 50.7 Å². The van der Waals surface area contributed by atoms with Crippen molar-refractivity contribution in [3.63, 3.8) is 0 Å². The van der Waals surface area contributed by atoms with Crippen molar-refractivity contribution in [2.45, 2.75) is 44.9 Å². The van der Waals surface area contributed by atoms with E-state index in [0.29, 0.717) is 0 Å². The molecule has 16 heavy (non-hydrogen) atoms. The molecule has 0 spiro atoms. The molecule has 2 aromatic rings. The van der Waals surface area contributed by atoms with E-state index in [0.717, 1.165) is 11.4 Å². The minimum absolute atomic E-state index is 0.165. The molecule has 1 fully saturated rings. The molecule has 0 unspecified atom stereocenters. The van der Waals surface area contributed by atoms with Crippen LogP contribution in [0, 0.1) is 0 Å². The number of hydrogen-bond acceptors (Lipinski definition) is 1. The Kier molecular flexibility index (Phi) is 1.91. The second kappa shape index (κ2) is 3.09. The minimum Gasteiger partial charge on any atom is -0.345 e. The number of nitrogens with zero attached hydrogens (tertiary/aromatic N) is 1. The Morgan fingerprint density at radius 1 is 1.25 bits per heavy atom. The van der Waals surface area contributed by atoms with Crippen molar-refractivity contribution in [3.05, 3.63) is 29.6 Å². The lowest BCUT2D eigenvalue weighted by Gasteiger charge is -2.20. The predicted molar refractivity (Wildman–Crippen MR) is 66.8 cm³/mol. The van der Waals surface area contributed by atoms with E-state index < -0.39 is 0 Å². The van der Waals surface area contributed by atoms with Gasteiger partial charge in [0.05, 0.1) is 17.4 Å². The van der Waals surface area contributed by atoms with Gasteiger partial charge in [0, 0.05) is 0 Å². The molecular formula is C14H18N2. The van der Waals surface area contributed by atoms with E-state index in [4.69, 9.17) is 0 Å². The van der Waals surface area contributed by atoms with Gasteiger partial charge in [-0.05, 0) is 41.4 Å². The number of fused-ring (bicyclic) bond motifs is 1. The van der Waals surface area contributed by atoms with Crippen molar-refractivity contribution < 1.29 is 0 Å². The summed E-state index contributed by atoms with van der Waals surface area (Å²) >= 11 is 0. The Morgan fingerprint density at radius 2 is 2.00 bits per heavy atom. The third kappa shape index (κ3) is 1.53. The maximum Gasteiger partial charge on any atom is 0.0932 e. The molecular weight excluding hydrogens is 196 g/mol. The summed E-state index contributed by atoms with van der Waals surface area (Å²) < 4.78 is 0. The second-order valence-electron chi connectivity index (χ2n) is 5.89.